The molecule has 0 aromatic heterocycles. The first-order valence-electron chi connectivity index (χ1n) is 5.53. The van der Waals surface area contributed by atoms with Crippen molar-refractivity contribution in [3.63, 3.8) is 0 Å². The Hall–Kier alpha value is -2.03. The fourth-order valence-corrected chi connectivity index (χ4v) is 1.93. The minimum Gasteiger partial charge on any atom is -0.385 e. The zero-order chi connectivity index (χ0) is 12.8. The van der Waals surface area contributed by atoms with Crippen molar-refractivity contribution in [2.75, 3.05) is 0 Å². The van der Waals surface area contributed by atoms with Crippen LogP contribution in [0.15, 0.2) is 11.3 Å². The Morgan fingerprint density at radius 1 is 1.35 bits per heavy atom. The number of nitrogens with two attached hydrogens (primary N) is 1. The van der Waals surface area contributed by atoms with Crippen molar-refractivity contribution in [3.8, 4) is 6.07 Å². The molecule has 0 spiro atoms. The Bertz CT molecular complexity index is 389. The fourth-order valence-electron chi connectivity index (χ4n) is 1.93. The van der Waals surface area contributed by atoms with E-state index in [4.69, 9.17) is 11.0 Å². The summed E-state index contributed by atoms with van der Waals surface area (Å²) in [6.45, 7) is 1.65. The summed E-state index contributed by atoms with van der Waals surface area (Å²) in [7, 11) is 0. The number of allylic oxidation sites excluding steroid dienone is 1. The van der Waals surface area contributed by atoms with E-state index in [0.29, 0.717) is 11.7 Å². The van der Waals surface area contributed by atoms with Gasteiger partial charge in [-0.25, -0.2) is 4.79 Å². The van der Waals surface area contributed by atoms with Crippen molar-refractivity contribution in [2.45, 2.75) is 38.6 Å². The quantitative estimate of drug-likeness (QED) is 0.490. The molecular formula is C11H16N4O2. The van der Waals surface area contributed by atoms with Crippen molar-refractivity contribution in [2.24, 2.45) is 5.73 Å². The number of nitrogens with zero attached hydrogens (tertiary/aromatic N) is 1. The van der Waals surface area contributed by atoms with Gasteiger partial charge in [-0.15, -0.1) is 0 Å². The number of carbonyl (C=O) groups excluding carboxylic acids is 2. The van der Waals surface area contributed by atoms with Crippen LogP contribution < -0.4 is 16.4 Å². The second kappa shape index (κ2) is 5.89. The summed E-state index contributed by atoms with van der Waals surface area (Å²) in [6.07, 6.45) is 4.38. The molecule has 1 aliphatic carbocycles. The molecule has 1 saturated carbocycles. The van der Waals surface area contributed by atoms with Gasteiger partial charge in [0.05, 0.1) is 0 Å². The molecule has 1 rings (SSSR count). The zero-order valence-corrected chi connectivity index (χ0v) is 9.75. The number of hydrogen-bond acceptors (Lipinski definition) is 4. The Kier molecular flexibility index (Phi) is 4.52. The first kappa shape index (κ1) is 13.0. The largest absolute Gasteiger partial charge is 0.385 e. The molecule has 92 valence electrons. The van der Waals surface area contributed by atoms with E-state index in [1.807, 2.05) is 5.32 Å². The summed E-state index contributed by atoms with van der Waals surface area (Å²) in [6, 6.07) is 1.12. The number of nitriles is 1. The van der Waals surface area contributed by atoms with Crippen LogP contribution in [0.4, 0.5) is 4.79 Å². The van der Waals surface area contributed by atoms with E-state index in [-0.39, 0.29) is 5.57 Å². The maximum absolute atomic E-state index is 11.5. The molecule has 6 nitrogen and oxygen atoms in total. The summed E-state index contributed by atoms with van der Waals surface area (Å²) in [5, 5.41) is 13.9. The van der Waals surface area contributed by atoms with Gasteiger partial charge >= 0.3 is 6.03 Å². The number of hydrogen-bond donors (Lipinski definition) is 3. The highest BCUT2D eigenvalue weighted by molar-refractivity contribution is 6.06. The number of imide groups is 1. The summed E-state index contributed by atoms with van der Waals surface area (Å²) in [4.78, 5) is 22.0. The molecule has 1 fully saturated rings. The van der Waals surface area contributed by atoms with E-state index < -0.39 is 11.9 Å². The molecule has 0 saturated heterocycles. The smallest absolute Gasteiger partial charge is 0.319 e. The van der Waals surface area contributed by atoms with E-state index in [9.17, 15) is 9.59 Å². The predicted octanol–water partition coefficient (Wildman–Crippen LogP) is 0.511. The molecule has 0 aromatic rings. The molecule has 0 bridgehead atoms. The van der Waals surface area contributed by atoms with Gasteiger partial charge in [0, 0.05) is 11.7 Å². The summed E-state index contributed by atoms with van der Waals surface area (Å²) in [5.41, 5.74) is 5.21. The second-order valence-corrected chi connectivity index (χ2v) is 4.06. The lowest BCUT2D eigenvalue weighted by Gasteiger charge is -2.14. The van der Waals surface area contributed by atoms with Crippen LogP contribution in [0.2, 0.25) is 0 Å². The minimum absolute atomic E-state index is 0.101. The first-order chi connectivity index (χ1) is 8.04. The van der Waals surface area contributed by atoms with Crippen molar-refractivity contribution < 1.29 is 9.59 Å². The Labute approximate surface area is 99.8 Å². The number of carbonyl (C=O) groups is 2. The monoisotopic (exact) mass is 236 g/mol. The molecule has 0 unspecified atom stereocenters. The van der Waals surface area contributed by atoms with Crippen molar-refractivity contribution in [3.05, 3.63) is 11.3 Å². The number of primary amides is 1. The van der Waals surface area contributed by atoms with Gasteiger partial charge in [-0.2, -0.15) is 5.26 Å². The summed E-state index contributed by atoms with van der Waals surface area (Å²) >= 11 is 0. The summed E-state index contributed by atoms with van der Waals surface area (Å²) < 4.78 is 0. The third-order valence-corrected chi connectivity index (χ3v) is 2.73. The lowest BCUT2D eigenvalue weighted by molar-refractivity contribution is -0.116. The van der Waals surface area contributed by atoms with Crippen molar-refractivity contribution in [1.29, 1.82) is 5.26 Å². The van der Waals surface area contributed by atoms with E-state index in [0.717, 1.165) is 25.7 Å². The van der Waals surface area contributed by atoms with Gasteiger partial charge < -0.3 is 11.1 Å². The van der Waals surface area contributed by atoms with E-state index in [1.165, 1.54) is 0 Å². The highest BCUT2D eigenvalue weighted by Crippen LogP contribution is 2.19. The van der Waals surface area contributed by atoms with E-state index in [1.54, 1.807) is 13.0 Å². The van der Waals surface area contributed by atoms with Crippen LogP contribution in [-0.2, 0) is 4.79 Å². The molecule has 0 aliphatic heterocycles. The molecular weight excluding hydrogens is 220 g/mol. The lowest BCUT2D eigenvalue weighted by atomic mass is 10.2. The molecule has 0 heterocycles. The number of nitrogens with one attached hydrogen (secondary N) is 2. The molecule has 6 heteroatoms. The van der Waals surface area contributed by atoms with Crippen LogP contribution in [0.25, 0.3) is 0 Å². The van der Waals surface area contributed by atoms with Gasteiger partial charge in [0.1, 0.15) is 11.6 Å². The highest BCUT2D eigenvalue weighted by atomic mass is 16.2. The van der Waals surface area contributed by atoms with Crippen LogP contribution in [0.5, 0.6) is 0 Å². The van der Waals surface area contributed by atoms with E-state index in [2.05, 4.69) is 5.32 Å². The highest BCUT2D eigenvalue weighted by Gasteiger charge is 2.19. The van der Waals surface area contributed by atoms with E-state index >= 15 is 0 Å². The van der Waals surface area contributed by atoms with Gasteiger partial charge in [-0.3, -0.25) is 10.1 Å². The average Bonchev–Trinajstić information content (AvgIpc) is 2.70. The SMILES string of the molecule is C/C(NC1CCCC1)=C(\C#N)C(=O)NC(N)=O. The Balaban J connectivity index is 2.71. The Morgan fingerprint density at radius 3 is 2.41 bits per heavy atom. The number of urea groups is 1. The fraction of sp³-hybridized carbons (Fsp3) is 0.545. The van der Waals surface area contributed by atoms with Gasteiger partial charge in [0.25, 0.3) is 5.91 Å². The molecule has 17 heavy (non-hydrogen) atoms. The molecule has 3 amide bonds. The first-order valence-corrected chi connectivity index (χ1v) is 5.53. The number of rotatable bonds is 3. The van der Waals surface area contributed by atoms with Crippen LogP contribution in [-0.4, -0.2) is 18.0 Å². The minimum atomic E-state index is -0.962. The van der Waals surface area contributed by atoms with Crippen LogP contribution in [0.3, 0.4) is 0 Å². The van der Waals surface area contributed by atoms with Crippen LogP contribution in [0, 0.1) is 11.3 Å². The molecule has 1 aliphatic rings. The molecule has 4 N–H and O–H groups in total. The van der Waals surface area contributed by atoms with Crippen LogP contribution >= 0.6 is 0 Å². The van der Waals surface area contributed by atoms with Crippen LogP contribution in [0.1, 0.15) is 32.6 Å². The molecule has 0 atom stereocenters. The average molecular weight is 236 g/mol. The maximum atomic E-state index is 11.5. The molecule has 0 aromatic carbocycles. The van der Waals surface area contributed by atoms with Crippen molar-refractivity contribution >= 4 is 11.9 Å². The lowest BCUT2D eigenvalue weighted by Crippen LogP contribution is -2.37. The summed E-state index contributed by atoms with van der Waals surface area (Å²) in [5.74, 6) is -0.761. The van der Waals surface area contributed by atoms with Gasteiger partial charge in [0.2, 0.25) is 0 Å². The standard InChI is InChI=1S/C11H16N4O2/c1-7(14-8-4-2-3-5-8)9(6-12)10(16)15-11(13)17/h8,14H,2-5H2,1H3,(H3,13,15,16,17)/b9-7-. The maximum Gasteiger partial charge on any atom is 0.319 e. The topological polar surface area (TPSA) is 108 Å². The normalized spacial score (nSPS) is 16.9. The third-order valence-electron chi connectivity index (χ3n) is 2.73. The van der Waals surface area contributed by atoms with Gasteiger partial charge in [0.15, 0.2) is 0 Å². The molecule has 0 radical (unpaired) electrons. The third kappa shape index (κ3) is 3.79. The Morgan fingerprint density at radius 2 is 1.94 bits per heavy atom. The van der Waals surface area contributed by atoms with Gasteiger partial charge in [-0.05, 0) is 19.8 Å². The van der Waals surface area contributed by atoms with Gasteiger partial charge in [-0.1, -0.05) is 12.8 Å². The predicted molar refractivity (Wildman–Crippen MR) is 61.4 cm³/mol. The number of amides is 3. The zero-order valence-electron chi connectivity index (χ0n) is 9.75. The second-order valence-electron chi connectivity index (χ2n) is 4.06. The van der Waals surface area contributed by atoms with Crippen molar-refractivity contribution in [1.82, 2.24) is 10.6 Å².